The summed E-state index contributed by atoms with van der Waals surface area (Å²) in [6.45, 7) is 4.26. The summed E-state index contributed by atoms with van der Waals surface area (Å²) in [4.78, 5) is 0. The highest BCUT2D eigenvalue weighted by Gasteiger charge is 2.45. The summed E-state index contributed by atoms with van der Waals surface area (Å²) in [7, 11) is 0. The number of alkyl halides is 2. The summed E-state index contributed by atoms with van der Waals surface area (Å²) in [6, 6.07) is 10.1. The molecule has 3 saturated carbocycles. The van der Waals surface area contributed by atoms with Gasteiger partial charge in [0.1, 0.15) is 17.4 Å². The van der Waals surface area contributed by atoms with Crippen molar-refractivity contribution in [1.82, 2.24) is 0 Å². The molecule has 0 radical (unpaired) electrons. The van der Waals surface area contributed by atoms with Gasteiger partial charge in [-0.1, -0.05) is 51.3 Å². The highest BCUT2D eigenvalue weighted by molar-refractivity contribution is 5.31. The summed E-state index contributed by atoms with van der Waals surface area (Å²) < 4.78 is 64.5. The molecule has 0 spiro atoms. The van der Waals surface area contributed by atoms with Crippen LogP contribution in [0.15, 0.2) is 36.4 Å². The minimum Gasteiger partial charge on any atom is -0.432 e. The molecule has 0 amide bonds. The van der Waals surface area contributed by atoms with Crippen molar-refractivity contribution >= 4 is 0 Å². The molecule has 3 aliphatic carbocycles. The molecule has 0 N–H and O–H groups in total. The molecule has 0 saturated heterocycles. The Morgan fingerprint density at radius 2 is 1.35 bits per heavy atom. The summed E-state index contributed by atoms with van der Waals surface area (Å²) in [6.07, 6.45) is 9.27. The van der Waals surface area contributed by atoms with Gasteiger partial charge in [0.15, 0.2) is 0 Å². The van der Waals surface area contributed by atoms with E-state index in [0.717, 1.165) is 80.9 Å². The van der Waals surface area contributed by atoms with Crippen molar-refractivity contribution in [2.24, 2.45) is 23.7 Å². The lowest BCUT2D eigenvalue weighted by Crippen LogP contribution is -2.38. The minimum atomic E-state index is -3.30. The third-order valence-corrected chi connectivity index (χ3v) is 10.4. The second-order valence-electron chi connectivity index (χ2n) is 13.1. The number of aryl methyl sites for hydroxylation is 1. The van der Waals surface area contributed by atoms with Gasteiger partial charge in [-0.3, -0.25) is 0 Å². The number of halogens is 4. The third kappa shape index (κ3) is 6.87. The third-order valence-electron chi connectivity index (χ3n) is 10.4. The summed E-state index contributed by atoms with van der Waals surface area (Å²) >= 11 is 0. The SMILES string of the molecule is CCCc1ccc(OC(F)(F)C2CCC(C3CCC(c4ccc(C5CCC(C)CC5)cc4F)CC3)CC2)cc1F. The Morgan fingerprint density at radius 1 is 0.725 bits per heavy atom. The molecular weight excluding hydrogens is 512 g/mol. The lowest BCUT2D eigenvalue weighted by Gasteiger charge is -2.39. The highest BCUT2D eigenvalue weighted by Crippen LogP contribution is 2.47. The van der Waals surface area contributed by atoms with Crippen LogP contribution in [0.4, 0.5) is 17.6 Å². The fourth-order valence-electron chi connectivity index (χ4n) is 7.85. The standard InChI is InChI=1S/C35H46F4O/c1-3-4-28-15-19-31(22-33(28)36)40-35(38,39)30-17-13-25(14-18-30)24-9-11-27(12-10-24)32-20-16-29(21-34(32)37)26-7-5-23(2)6-8-26/h15-16,19-27,30H,3-14,17-18H2,1-2H3. The molecule has 0 aliphatic heterocycles. The maximum atomic E-state index is 15.2. The maximum absolute atomic E-state index is 15.2. The average molecular weight is 559 g/mol. The van der Waals surface area contributed by atoms with Gasteiger partial charge >= 0.3 is 6.11 Å². The number of ether oxygens (including phenoxy) is 1. The van der Waals surface area contributed by atoms with Gasteiger partial charge in [-0.25, -0.2) is 8.78 Å². The first-order valence-corrected chi connectivity index (χ1v) is 15.9. The summed E-state index contributed by atoms with van der Waals surface area (Å²) in [5.41, 5.74) is 2.56. The van der Waals surface area contributed by atoms with Gasteiger partial charge in [0.2, 0.25) is 0 Å². The number of rotatable bonds is 8. The van der Waals surface area contributed by atoms with E-state index in [1.54, 1.807) is 12.1 Å². The molecule has 2 aromatic carbocycles. The van der Waals surface area contributed by atoms with E-state index in [2.05, 4.69) is 13.0 Å². The zero-order chi connectivity index (χ0) is 28.3. The van der Waals surface area contributed by atoms with Crippen LogP contribution in [0.3, 0.4) is 0 Å². The Kier molecular flexibility index (Phi) is 9.47. The van der Waals surface area contributed by atoms with E-state index in [-0.39, 0.29) is 17.5 Å². The Labute approximate surface area is 238 Å². The number of benzene rings is 2. The van der Waals surface area contributed by atoms with Crippen LogP contribution in [0.2, 0.25) is 0 Å². The molecule has 0 heterocycles. The van der Waals surface area contributed by atoms with Crippen LogP contribution < -0.4 is 4.74 Å². The van der Waals surface area contributed by atoms with Crippen molar-refractivity contribution in [3.05, 3.63) is 64.7 Å². The largest absolute Gasteiger partial charge is 0.432 e. The van der Waals surface area contributed by atoms with Crippen molar-refractivity contribution in [1.29, 1.82) is 0 Å². The van der Waals surface area contributed by atoms with E-state index in [4.69, 9.17) is 4.74 Å². The molecule has 3 fully saturated rings. The Morgan fingerprint density at radius 3 is 1.95 bits per heavy atom. The molecule has 5 rings (SSSR count). The van der Waals surface area contributed by atoms with Gasteiger partial charge in [0, 0.05) is 6.07 Å². The van der Waals surface area contributed by atoms with Crippen LogP contribution in [-0.2, 0) is 6.42 Å². The lowest BCUT2D eigenvalue weighted by atomic mass is 9.68. The first-order chi connectivity index (χ1) is 19.2. The molecule has 2 aromatic rings. The van der Waals surface area contributed by atoms with Gasteiger partial charge in [-0.2, -0.15) is 8.78 Å². The number of hydrogen-bond donors (Lipinski definition) is 0. The van der Waals surface area contributed by atoms with Crippen LogP contribution in [0, 0.1) is 35.3 Å². The first kappa shape index (κ1) is 29.5. The minimum absolute atomic E-state index is 0.0396. The Balaban J connectivity index is 1.10. The zero-order valence-electron chi connectivity index (χ0n) is 24.2. The summed E-state index contributed by atoms with van der Waals surface area (Å²) in [5.74, 6) is 1.04. The molecule has 0 atom stereocenters. The second kappa shape index (κ2) is 12.9. The van der Waals surface area contributed by atoms with Gasteiger partial charge in [0.05, 0.1) is 5.92 Å². The predicted molar refractivity (Wildman–Crippen MR) is 153 cm³/mol. The van der Waals surface area contributed by atoms with Crippen LogP contribution in [0.1, 0.15) is 126 Å². The topological polar surface area (TPSA) is 9.23 Å². The molecule has 3 aliphatic rings. The van der Waals surface area contributed by atoms with Crippen LogP contribution >= 0.6 is 0 Å². The fraction of sp³-hybridized carbons (Fsp3) is 0.657. The van der Waals surface area contributed by atoms with Crippen molar-refractivity contribution in [3.8, 4) is 5.75 Å². The van der Waals surface area contributed by atoms with E-state index >= 15 is 13.2 Å². The molecule has 220 valence electrons. The van der Waals surface area contributed by atoms with E-state index in [1.165, 1.54) is 18.9 Å². The van der Waals surface area contributed by atoms with Gasteiger partial charge in [-0.15, -0.1) is 0 Å². The van der Waals surface area contributed by atoms with Crippen molar-refractivity contribution in [3.63, 3.8) is 0 Å². The average Bonchev–Trinajstić information content (AvgIpc) is 2.95. The molecule has 0 unspecified atom stereocenters. The molecule has 0 aromatic heterocycles. The Bertz CT molecular complexity index is 1110. The monoisotopic (exact) mass is 558 g/mol. The Hall–Kier alpha value is -2.04. The normalized spacial score (nSPS) is 29.8. The van der Waals surface area contributed by atoms with E-state index < -0.39 is 17.8 Å². The van der Waals surface area contributed by atoms with Crippen molar-refractivity contribution in [2.75, 3.05) is 0 Å². The van der Waals surface area contributed by atoms with Gasteiger partial charge in [-0.05, 0) is 129 Å². The molecule has 1 nitrogen and oxygen atoms in total. The molecule has 0 bridgehead atoms. The number of hydrogen-bond acceptors (Lipinski definition) is 1. The van der Waals surface area contributed by atoms with Crippen molar-refractivity contribution in [2.45, 2.75) is 122 Å². The second-order valence-corrected chi connectivity index (χ2v) is 13.1. The quantitative estimate of drug-likeness (QED) is 0.293. The van der Waals surface area contributed by atoms with Crippen LogP contribution in [0.5, 0.6) is 5.75 Å². The van der Waals surface area contributed by atoms with E-state index in [1.807, 2.05) is 13.0 Å². The molecular formula is C35H46F4O. The maximum Gasteiger partial charge on any atom is 0.400 e. The molecule has 5 heteroatoms. The molecule has 40 heavy (non-hydrogen) atoms. The zero-order valence-corrected chi connectivity index (χ0v) is 24.2. The summed E-state index contributed by atoms with van der Waals surface area (Å²) in [5, 5.41) is 0. The van der Waals surface area contributed by atoms with Crippen molar-refractivity contribution < 1.29 is 22.3 Å². The highest BCUT2D eigenvalue weighted by atomic mass is 19.3. The van der Waals surface area contributed by atoms with E-state index in [0.29, 0.717) is 42.6 Å². The van der Waals surface area contributed by atoms with Crippen LogP contribution in [0.25, 0.3) is 0 Å². The predicted octanol–water partition coefficient (Wildman–Crippen LogP) is 11.0. The van der Waals surface area contributed by atoms with Gasteiger partial charge < -0.3 is 4.74 Å². The van der Waals surface area contributed by atoms with E-state index in [9.17, 15) is 4.39 Å². The van der Waals surface area contributed by atoms with Gasteiger partial charge in [0.25, 0.3) is 0 Å². The smallest absolute Gasteiger partial charge is 0.400 e. The first-order valence-electron chi connectivity index (χ1n) is 15.9. The fourth-order valence-corrected chi connectivity index (χ4v) is 7.85. The van der Waals surface area contributed by atoms with Crippen LogP contribution in [-0.4, -0.2) is 6.11 Å². The lowest BCUT2D eigenvalue weighted by molar-refractivity contribution is -0.224.